The van der Waals surface area contributed by atoms with Gasteiger partial charge in [-0.15, -0.1) is 0 Å². The van der Waals surface area contributed by atoms with Gasteiger partial charge in [-0.1, -0.05) is 18.2 Å². The third-order valence-electron chi connectivity index (χ3n) is 4.70. The zero-order valence-electron chi connectivity index (χ0n) is 17.2. The maximum Gasteiger partial charge on any atom is 0.258 e. The molecule has 0 fully saturated rings. The lowest BCUT2D eigenvalue weighted by Gasteiger charge is -2.18. The minimum atomic E-state index is -0.885. The minimum absolute atomic E-state index is 0.0497. The Morgan fingerprint density at radius 2 is 1.93 bits per heavy atom. The van der Waals surface area contributed by atoms with Gasteiger partial charge in [0.25, 0.3) is 5.91 Å². The van der Waals surface area contributed by atoms with Crippen LogP contribution in [0, 0.1) is 0 Å². The summed E-state index contributed by atoms with van der Waals surface area (Å²) in [4.78, 5) is 12.2. The van der Waals surface area contributed by atoms with E-state index in [0.717, 1.165) is 12.0 Å². The highest BCUT2D eigenvalue weighted by atomic mass is 16.5. The number of aliphatic hydroxyl groups excluding tert-OH is 1. The summed E-state index contributed by atoms with van der Waals surface area (Å²) in [5, 5.41) is 13.0. The van der Waals surface area contributed by atoms with Crippen LogP contribution in [0.3, 0.4) is 0 Å². The second kappa shape index (κ2) is 8.61. The molecule has 0 aliphatic carbocycles. The Morgan fingerprint density at radius 1 is 1.17 bits per heavy atom. The van der Waals surface area contributed by atoms with Crippen LogP contribution in [0.5, 0.6) is 23.0 Å². The number of carbonyl (C=O) groups excluding carboxylic acids is 1. The van der Waals surface area contributed by atoms with Gasteiger partial charge in [0.1, 0.15) is 5.60 Å². The molecule has 156 valence electrons. The van der Waals surface area contributed by atoms with Crippen molar-refractivity contribution < 1.29 is 28.8 Å². The Labute approximate surface area is 170 Å². The number of fused-ring (bicyclic) bond motifs is 1. The molecule has 1 aliphatic rings. The number of aliphatic hydroxyl groups is 1. The van der Waals surface area contributed by atoms with Gasteiger partial charge in [-0.3, -0.25) is 4.79 Å². The van der Waals surface area contributed by atoms with E-state index in [0.29, 0.717) is 28.6 Å². The zero-order valence-corrected chi connectivity index (χ0v) is 17.2. The van der Waals surface area contributed by atoms with Gasteiger partial charge in [-0.2, -0.15) is 0 Å². The molecule has 3 rings (SSSR count). The Hall–Kier alpha value is -2.93. The number of rotatable bonds is 8. The van der Waals surface area contributed by atoms with Gasteiger partial charge < -0.3 is 29.4 Å². The third kappa shape index (κ3) is 4.92. The number of ether oxygens (including phenoxy) is 4. The normalized spacial score (nSPS) is 15.1. The Morgan fingerprint density at radius 3 is 2.66 bits per heavy atom. The van der Waals surface area contributed by atoms with E-state index in [9.17, 15) is 9.90 Å². The van der Waals surface area contributed by atoms with E-state index in [-0.39, 0.29) is 24.7 Å². The van der Waals surface area contributed by atoms with Crippen molar-refractivity contribution in [3.05, 3.63) is 47.5 Å². The summed E-state index contributed by atoms with van der Waals surface area (Å²) in [5.41, 5.74) is 1.39. The van der Waals surface area contributed by atoms with Crippen LogP contribution in [0.25, 0.3) is 0 Å². The molecule has 7 heteroatoms. The molecule has 29 heavy (non-hydrogen) atoms. The van der Waals surface area contributed by atoms with Crippen LogP contribution in [0.2, 0.25) is 0 Å². The first-order valence-electron chi connectivity index (χ1n) is 9.43. The monoisotopic (exact) mass is 401 g/mol. The molecule has 0 aromatic heterocycles. The Balaban J connectivity index is 1.53. The molecule has 1 unspecified atom stereocenters. The topological polar surface area (TPSA) is 86.3 Å². The van der Waals surface area contributed by atoms with Gasteiger partial charge in [0.15, 0.2) is 29.6 Å². The van der Waals surface area contributed by atoms with E-state index in [4.69, 9.17) is 18.9 Å². The molecular weight excluding hydrogens is 374 g/mol. The summed E-state index contributed by atoms with van der Waals surface area (Å²) >= 11 is 0. The van der Waals surface area contributed by atoms with E-state index < -0.39 is 6.10 Å². The molecule has 1 atom stereocenters. The number of carbonyl (C=O) groups is 1. The number of amides is 1. The first-order valence-corrected chi connectivity index (χ1v) is 9.43. The summed E-state index contributed by atoms with van der Waals surface area (Å²) in [6, 6.07) is 10.8. The van der Waals surface area contributed by atoms with Crippen molar-refractivity contribution in [1.29, 1.82) is 0 Å². The third-order valence-corrected chi connectivity index (χ3v) is 4.70. The smallest absolute Gasteiger partial charge is 0.258 e. The highest BCUT2D eigenvalue weighted by Gasteiger charge is 2.32. The molecule has 0 saturated heterocycles. The molecule has 0 bridgehead atoms. The molecule has 7 nitrogen and oxygen atoms in total. The second-order valence-electron chi connectivity index (χ2n) is 7.51. The highest BCUT2D eigenvalue weighted by molar-refractivity contribution is 5.77. The van der Waals surface area contributed by atoms with Crippen LogP contribution in [-0.2, 0) is 11.2 Å². The van der Waals surface area contributed by atoms with Gasteiger partial charge in [0.05, 0.1) is 20.3 Å². The predicted octanol–water partition coefficient (Wildman–Crippen LogP) is 2.65. The van der Waals surface area contributed by atoms with Crippen molar-refractivity contribution in [2.24, 2.45) is 0 Å². The maximum atomic E-state index is 12.2. The summed E-state index contributed by atoms with van der Waals surface area (Å²) in [5.74, 6) is 1.99. The SMILES string of the molecule is COc1ccc(C(O)CNC(=O)COc2cccc3c2OC(C)(C)C3)cc1OC. The fourth-order valence-electron chi connectivity index (χ4n) is 3.28. The van der Waals surface area contributed by atoms with Crippen molar-refractivity contribution in [3.8, 4) is 23.0 Å². The lowest BCUT2D eigenvalue weighted by molar-refractivity contribution is -0.123. The van der Waals surface area contributed by atoms with E-state index in [2.05, 4.69) is 5.32 Å². The average Bonchev–Trinajstić information content (AvgIpc) is 3.04. The highest BCUT2D eigenvalue weighted by Crippen LogP contribution is 2.41. The van der Waals surface area contributed by atoms with Crippen molar-refractivity contribution in [2.45, 2.75) is 32.0 Å². The van der Waals surface area contributed by atoms with Crippen LogP contribution < -0.4 is 24.3 Å². The van der Waals surface area contributed by atoms with E-state index in [1.807, 2.05) is 26.0 Å². The quantitative estimate of drug-likeness (QED) is 0.707. The van der Waals surface area contributed by atoms with Gasteiger partial charge in [0, 0.05) is 18.5 Å². The van der Waals surface area contributed by atoms with Crippen LogP contribution in [0.15, 0.2) is 36.4 Å². The zero-order chi connectivity index (χ0) is 21.0. The lowest BCUT2D eigenvalue weighted by Crippen LogP contribution is -2.32. The molecule has 0 saturated carbocycles. The van der Waals surface area contributed by atoms with Gasteiger partial charge in [-0.05, 0) is 37.6 Å². The fourth-order valence-corrected chi connectivity index (χ4v) is 3.28. The largest absolute Gasteiger partial charge is 0.493 e. The van der Waals surface area contributed by atoms with E-state index in [1.165, 1.54) is 7.11 Å². The summed E-state index contributed by atoms with van der Waals surface area (Å²) in [6.07, 6.45) is -0.0904. The molecule has 1 heterocycles. The Bertz CT molecular complexity index is 880. The molecular formula is C22H27NO6. The number of nitrogens with one attached hydrogen (secondary N) is 1. The molecule has 1 aliphatic heterocycles. The molecule has 1 amide bonds. The first kappa shape index (κ1) is 20.8. The van der Waals surface area contributed by atoms with Gasteiger partial charge >= 0.3 is 0 Å². The van der Waals surface area contributed by atoms with Crippen LogP contribution in [0.1, 0.15) is 31.1 Å². The standard InChI is InChI=1S/C22H27NO6/c1-22(2)11-15-6-5-7-18(21(15)29-22)28-13-20(25)23-12-16(24)14-8-9-17(26-3)19(10-14)27-4/h5-10,16,24H,11-13H2,1-4H3,(H,23,25). The molecule has 2 aromatic carbocycles. The Kier molecular flexibility index (Phi) is 6.17. The van der Waals surface area contributed by atoms with Crippen molar-refractivity contribution >= 4 is 5.91 Å². The number of benzene rings is 2. The summed E-state index contributed by atoms with van der Waals surface area (Å²) in [7, 11) is 3.07. The summed E-state index contributed by atoms with van der Waals surface area (Å²) < 4.78 is 22.0. The molecule has 2 aromatic rings. The average molecular weight is 401 g/mol. The number of para-hydroxylation sites is 1. The van der Waals surface area contributed by atoms with Gasteiger partial charge in [-0.25, -0.2) is 0 Å². The first-order chi connectivity index (χ1) is 13.8. The summed E-state index contributed by atoms with van der Waals surface area (Å²) in [6.45, 7) is 3.91. The van der Waals surface area contributed by atoms with Crippen molar-refractivity contribution in [3.63, 3.8) is 0 Å². The van der Waals surface area contributed by atoms with Crippen LogP contribution in [0.4, 0.5) is 0 Å². The lowest BCUT2D eigenvalue weighted by atomic mass is 10.0. The number of hydrogen-bond donors (Lipinski definition) is 2. The molecule has 0 spiro atoms. The van der Waals surface area contributed by atoms with Crippen LogP contribution in [-0.4, -0.2) is 44.0 Å². The molecule has 2 N–H and O–H groups in total. The van der Waals surface area contributed by atoms with Crippen molar-refractivity contribution in [1.82, 2.24) is 5.32 Å². The predicted molar refractivity (Wildman–Crippen MR) is 108 cm³/mol. The second-order valence-corrected chi connectivity index (χ2v) is 7.51. The number of methoxy groups -OCH3 is 2. The minimum Gasteiger partial charge on any atom is -0.493 e. The maximum absolute atomic E-state index is 12.2. The van der Waals surface area contributed by atoms with Crippen LogP contribution >= 0.6 is 0 Å². The molecule has 0 radical (unpaired) electrons. The van der Waals surface area contributed by atoms with E-state index in [1.54, 1.807) is 31.4 Å². The number of hydrogen-bond acceptors (Lipinski definition) is 6. The van der Waals surface area contributed by atoms with Gasteiger partial charge in [0.2, 0.25) is 0 Å². The van der Waals surface area contributed by atoms with Crippen molar-refractivity contribution in [2.75, 3.05) is 27.4 Å². The van der Waals surface area contributed by atoms with E-state index >= 15 is 0 Å². The fraction of sp³-hybridized carbons (Fsp3) is 0.409.